The molecule has 142 valence electrons. The van der Waals surface area contributed by atoms with Gasteiger partial charge in [-0.15, -0.1) is 10.2 Å². The zero-order chi connectivity index (χ0) is 19.5. The maximum Gasteiger partial charge on any atom is 0.230 e. The number of rotatable bonds is 6. The van der Waals surface area contributed by atoms with Crippen molar-refractivity contribution in [1.29, 1.82) is 0 Å². The highest BCUT2D eigenvalue weighted by Crippen LogP contribution is 2.27. The molecule has 0 unspecified atom stereocenters. The van der Waals surface area contributed by atoms with Crippen molar-refractivity contribution in [1.82, 2.24) is 20.1 Å². The van der Waals surface area contributed by atoms with E-state index in [1.807, 2.05) is 29.7 Å². The van der Waals surface area contributed by atoms with E-state index in [-0.39, 0.29) is 22.6 Å². The molecule has 0 bridgehead atoms. The summed E-state index contributed by atoms with van der Waals surface area (Å²) < 4.78 is 1.84. The molecule has 1 aromatic heterocycles. The first kappa shape index (κ1) is 20.8. The van der Waals surface area contributed by atoms with Crippen molar-refractivity contribution in [2.24, 2.45) is 5.41 Å². The summed E-state index contributed by atoms with van der Waals surface area (Å²) in [7, 11) is 0. The normalized spacial score (nSPS) is 12.3. The molecule has 0 saturated heterocycles. The van der Waals surface area contributed by atoms with Crippen LogP contribution in [-0.2, 0) is 4.79 Å². The number of carbonyl (C=O) groups is 1. The second-order valence-electron chi connectivity index (χ2n) is 8.38. The number of benzene rings is 1. The third-order valence-electron chi connectivity index (χ3n) is 3.73. The van der Waals surface area contributed by atoms with Crippen LogP contribution in [0, 0.1) is 12.3 Å². The van der Waals surface area contributed by atoms with Crippen molar-refractivity contribution in [2.45, 2.75) is 58.7 Å². The van der Waals surface area contributed by atoms with Gasteiger partial charge in [0.1, 0.15) is 6.33 Å². The standard InChI is InChI=1S/C19H27ClN4OS/c1-13-7-8-14(9-15(13)20)24-12-21-23-17(24)26-10-16(25)22-19(5,6)11-18(2,3)4/h7-9,12H,10-11H2,1-6H3,(H,22,25). The number of halogens is 1. The number of nitrogens with zero attached hydrogens (tertiary/aromatic N) is 3. The number of hydrogen-bond acceptors (Lipinski definition) is 4. The van der Waals surface area contributed by atoms with Crippen LogP contribution in [0.25, 0.3) is 5.69 Å². The average Bonchev–Trinajstić information content (AvgIpc) is 2.93. The number of carbonyl (C=O) groups excluding carboxylic acids is 1. The van der Waals surface area contributed by atoms with Gasteiger partial charge in [0.25, 0.3) is 0 Å². The zero-order valence-corrected chi connectivity index (χ0v) is 17.8. The van der Waals surface area contributed by atoms with Crippen LogP contribution < -0.4 is 5.32 Å². The van der Waals surface area contributed by atoms with Crippen molar-refractivity contribution >= 4 is 29.3 Å². The average molecular weight is 395 g/mol. The minimum Gasteiger partial charge on any atom is -0.350 e. The number of aryl methyl sites for hydroxylation is 1. The Kier molecular flexibility index (Phi) is 6.40. The lowest BCUT2D eigenvalue weighted by atomic mass is 9.82. The molecule has 0 radical (unpaired) electrons. The van der Waals surface area contributed by atoms with E-state index in [0.717, 1.165) is 17.7 Å². The predicted octanol–water partition coefficient (Wildman–Crippen LogP) is 4.65. The Morgan fingerprint density at radius 2 is 1.96 bits per heavy atom. The van der Waals surface area contributed by atoms with Gasteiger partial charge in [0.2, 0.25) is 5.91 Å². The van der Waals surface area contributed by atoms with Crippen molar-refractivity contribution in [3.63, 3.8) is 0 Å². The van der Waals surface area contributed by atoms with E-state index < -0.39 is 0 Å². The maximum atomic E-state index is 12.4. The SMILES string of the molecule is Cc1ccc(-n2cnnc2SCC(=O)NC(C)(C)CC(C)(C)C)cc1Cl. The molecule has 0 aliphatic carbocycles. The van der Waals surface area contributed by atoms with Gasteiger partial charge in [-0.3, -0.25) is 9.36 Å². The van der Waals surface area contributed by atoms with Gasteiger partial charge in [-0.05, 0) is 50.3 Å². The topological polar surface area (TPSA) is 59.8 Å². The molecule has 1 amide bonds. The fraction of sp³-hybridized carbons (Fsp3) is 0.526. The number of nitrogens with one attached hydrogen (secondary N) is 1. The predicted molar refractivity (Wildman–Crippen MR) is 108 cm³/mol. The molecule has 1 heterocycles. The van der Waals surface area contributed by atoms with Crippen LogP contribution in [0.2, 0.25) is 5.02 Å². The van der Waals surface area contributed by atoms with Crippen LogP contribution in [0.15, 0.2) is 29.7 Å². The molecule has 0 atom stereocenters. The molecular formula is C19H27ClN4OS. The molecular weight excluding hydrogens is 368 g/mol. The first-order valence-electron chi connectivity index (χ1n) is 8.57. The molecule has 1 aromatic carbocycles. The third kappa shape index (κ3) is 6.02. The Morgan fingerprint density at radius 3 is 2.58 bits per heavy atom. The van der Waals surface area contributed by atoms with Gasteiger partial charge in [-0.2, -0.15) is 0 Å². The first-order valence-corrected chi connectivity index (χ1v) is 9.94. The molecule has 0 fully saturated rings. The molecule has 5 nitrogen and oxygen atoms in total. The van der Waals surface area contributed by atoms with Gasteiger partial charge in [0.05, 0.1) is 11.4 Å². The Labute approximate surface area is 164 Å². The monoisotopic (exact) mass is 394 g/mol. The summed E-state index contributed by atoms with van der Waals surface area (Å²) in [6.07, 6.45) is 2.53. The molecule has 0 aliphatic heterocycles. The second-order valence-corrected chi connectivity index (χ2v) is 9.72. The maximum absolute atomic E-state index is 12.4. The number of hydrogen-bond donors (Lipinski definition) is 1. The van der Waals surface area contributed by atoms with Crippen molar-refractivity contribution in [3.8, 4) is 5.69 Å². The molecule has 1 N–H and O–H groups in total. The van der Waals surface area contributed by atoms with Gasteiger partial charge in [-0.1, -0.05) is 50.2 Å². The zero-order valence-electron chi connectivity index (χ0n) is 16.3. The van der Waals surface area contributed by atoms with E-state index >= 15 is 0 Å². The van der Waals surface area contributed by atoms with Gasteiger partial charge >= 0.3 is 0 Å². The van der Waals surface area contributed by atoms with Crippen LogP contribution >= 0.6 is 23.4 Å². The summed E-state index contributed by atoms with van der Waals surface area (Å²) in [6, 6.07) is 5.78. The molecule has 2 rings (SSSR count). The first-order chi connectivity index (χ1) is 12.0. The summed E-state index contributed by atoms with van der Waals surface area (Å²) in [6.45, 7) is 12.6. The van der Waals surface area contributed by atoms with Crippen LogP contribution in [0.5, 0.6) is 0 Å². The van der Waals surface area contributed by atoms with E-state index in [4.69, 9.17) is 11.6 Å². The highest BCUT2D eigenvalue weighted by molar-refractivity contribution is 7.99. The molecule has 26 heavy (non-hydrogen) atoms. The van der Waals surface area contributed by atoms with Crippen LogP contribution in [0.1, 0.15) is 46.6 Å². The highest BCUT2D eigenvalue weighted by Gasteiger charge is 2.27. The van der Waals surface area contributed by atoms with E-state index in [1.165, 1.54) is 11.8 Å². The fourth-order valence-corrected chi connectivity index (χ4v) is 4.05. The summed E-state index contributed by atoms with van der Waals surface area (Å²) in [5, 5.41) is 12.6. The summed E-state index contributed by atoms with van der Waals surface area (Å²) >= 11 is 7.57. The Bertz CT molecular complexity index is 780. The Hall–Kier alpha value is -1.53. The van der Waals surface area contributed by atoms with Gasteiger partial charge < -0.3 is 5.32 Å². The van der Waals surface area contributed by atoms with E-state index in [1.54, 1.807) is 6.33 Å². The van der Waals surface area contributed by atoms with Gasteiger partial charge in [0.15, 0.2) is 5.16 Å². The van der Waals surface area contributed by atoms with Crippen LogP contribution in [0.4, 0.5) is 0 Å². The number of aromatic nitrogens is 3. The highest BCUT2D eigenvalue weighted by atomic mass is 35.5. The number of amides is 1. The quantitative estimate of drug-likeness (QED) is 0.724. The molecule has 0 spiro atoms. The minimum absolute atomic E-state index is 0.0132. The minimum atomic E-state index is -0.256. The van der Waals surface area contributed by atoms with Gasteiger partial charge in [0, 0.05) is 10.6 Å². The largest absolute Gasteiger partial charge is 0.350 e. The summed E-state index contributed by atoms with van der Waals surface area (Å²) in [4.78, 5) is 12.4. The molecule has 0 saturated carbocycles. The fourth-order valence-electron chi connectivity index (χ4n) is 3.15. The van der Waals surface area contributed by atoms with Crippen LogP contribution in [-0.4, -0.2) is 32.0 Å². The summed E-state index contributed by atoms with van der Waals surface area (Å²) in [5.41, 5.74) is 1.78. The Balaban J connectivity index is 2.01. The van der Waals surface area contributed by atoms with Gasteiger partial charge in [-0.25, -0.2) is 0 Å². The lowest BCUT2D eigenvalue weighted by Gasteiger charge is -2.33. The van der Waals surface area contributed by atoms with Crippen molar-refractivity contribution in [3.05, 3.63) is 35.1 Å². The lowest BCUT2D eigenvalue weighted by Crippen LogP contribution is -2.46. The third-order valence-corrected chi connectivity index (χ3v) is 5.08. The molecule has 2 aromatic rings. The number of thioether (sulfide) groups is 1. The van der Waals surface area contributed by atoms with Crippen molar-refractivity contribution in [2.75, 3.05) is 5.75 Å². The second kappa shape index (κ2) is 8.01. The Morgan fingerprint density at radius 1 is 1.27 bits per heavy atom. The summed E-state index contributed by atoms with van der Waals surface area (Å²) in [5.74, 6) is 0.270. The van der Waals surface area contributed by atoms with E-state index in [9.17, 15) is 4.79 Å². The van der Waals surface area contributed by atoms with E-state index in [2.05, 4.69) is 50.1 Å². The van der Waals surface area contributed by atoms with E-state index in [0.29, 0.717) is 10.2 Å². The molecule has 0 aliphatic rings. The lowest BCUT2D eigenvalue weighted by molar-refractivity contribution is -0.120. The molecule has 7 heteroatoms. The smallest absolute Gasteiger partial charge is 0.230 e. The van der Waals surface area contributed by atoms with Crippen molar-refractivity contribution < 1.29 is 4.79 Å². The van der Waals surface area contributed by atoms with Crippen LogP contribution in [0.3, 0.4) is 0 Å².